The second kappa shape index (κ2) is 15.2. The Hall–Kier alpha value is -4.14. The van der Waals surface area contributed by atoms with Crippen LogP contribution in [-0.4, -0.2) is 44.3 Å². The van der Waals surface area contributed by atoms with E-state index in [4.69, 9.17) is 11.6 Å². The van der Waals surface area contributed by atoms with Crippen LogP contribution in [0.3, 0.4) is 0 Å². The van der Waals surface area contributed by atoms with Gasteiger partial charge in [-0.25, -0.2) is 8.42 Å². The normalized spacial score (nSPS) is 11.9. The molecule has 1 N–H and O–H groups in total. The van der Waals surface area contributed by atoms with Gasteiger partial charge in [-0.2, -0.15) is 0 Å². The molecule has 0 heterocycles. The van der Waals surface area contributed by atoms with Crippen molar-refractivity contribution in [3.8, 4) is 0 Å². The number of aryl methyl sites for hydroxylation is 3. The molecule has 0 aliphatic heterocycles. The standard InChI is InChI=1S/C36H40ClN3O4S/c1-5-20-38-36(42)34(23-29-10-7-6-8-11-29)39(24-30-12-9-13-31(37)22-30)35(41)25-40(33-21-27(3)14-17-28(33)4)45(43,44)32-18-15-26(2)16-19-32/h6-19,21-22,34H,5,20,23-25H2,1-4H3,(H,38,42)/t34-/m0/s1. The van der Waals surface area contributed by atoms with Gasteiger partial charge in [-0.05, 0) is 79.8 Å². The van der Waals surface area contributed by atoms with Crippen molar-refractivity contribution in [2.24, 2.45) is 0 Å². The van der Waals surface area contributed by atoms with Crippen molar-refractivity contribution in [1.29, 1.82) is 0 Å². The van der Waals surface area contributed by atoms with Gasteiger partial charge in [-0.3, -0.25) is 13.9 Å². The van der Waals surface area contributed by atoms with Gasteiger partial charge in [0.25, 0.3) is 10.0 Å². The molecule has 45 heavy (non-hydrogen) atoms. The van der Waals surface area contributed by atoms with Crippen LogP contribution >= 0.6 is 11.6 Å². The number of sulfonamides is 1. The maximum absolute atomic E-state index is 14.6. The molecule has 7 nitrogen and oxygen atoms in total. The van der Waals surface area contributed by atoms with Gasteiger partial charge in [-0.1, -0.05) is 90.8 Å². The van der Waals surface area contributed by atoms with E-state index in [2.05, 4.69) is 5.32 Å². The molecule has 4 aromatic rings. The van der Waals surface area contributed by atoms with Crippen LogP contribution in [0.1, 0.15) is 41.2 Å². The van der Waals surface area contributed by atoms with Crippen LogP contribution in [0.5, 0.6) is 0 Å². The molecule has 0 aliphatic carbocycles. The molecule has 0 saturated heterocycles. The zero-order chi connectivity index (χ0) is 32.6. The monoisotopic (exact) mass is 645 g/mol. The van der Waals surface area contributed by atoms with E-state index in [1.807, 2.05) is 76.2 Å². The maximum atomic E-state index is 14.6. The van der Waals surface area contributed by atoms with Crippen LogP contribution in [0.15, 0.2) is 102 Å². The summed E-state index contributed by atoms with van der Waals surface area (Å²) in [6.45, 7) is 7.53. The van der Waals surface area contributed by atoms with Crippen LogP contribution in [-0.2, 0) is 32.6 Å². The fourth-order valence-corrected chi connectivity index (χ4v) is 6.77. The zero-order valence-corrected chi connectivity index (χ0v) is 27.7. The molecule has 0 saturated carbocycles. The molecular weight excluding hydrogens is 606 g/mol. The highest BCUT2D eigenvalue weighted by molar-refractivity contribution is 7.92. The van der Waals surface area contributed by atoms with Gasteiger partial charge < -0.3 is 10.2 Å². The Kier molecular flexibility index (Phi) is 11.4. The van der Waals surface area contributed by atoms with Gasteiger partial charge in [0.15, 0.2) is 0 Å². The fourth-order valence-electron chi connectivity index (χ4n) is 5.09. The lowest BCUT2D eigenvalue weighted by Crippen LogP contribution is -2.53. The Balaban J connectivity index is 1.83. The summed E-state index contributed by atoms with van der Waals surface area (Å²) < 4.78 is 29.7. The number of amides is 2. The van der Waals surface area contributed by atoms with Crippen molar-refractivity contribution in [3.05, 3.63) is 130 Å². The minimum absolute atomic E-state index is 0.0572. The summed E-state index contributed by atoms with van der Waals surface area (Å²) in [5.74, 6) is -0.824. The summed E-state index contributed by atoms with van der Waals surface area (Å²) in [4.78, 5) is 29.9. The van der Waals surface area contributed by atoms with Crippen molar-refractivity contribution in [3.63, 3.8) is 0 Å². The SMILES string of the molecule is CCCNC(=O)[C@H](Cc1ccccc1)N(Cc1cccc(Cl)c1)C(=O)CN(c1cc(C)ccc1C)S(=O)(=O)c1ccc(C)cc1. The first-order chi connectivity index (χ1) is 21.5. The van der Waals surface area contributed by atoms with E-state index >= 15 is 0 Å². The molecule has 4 aromatic carbocycles. The van der Waals surface area contributed by atoms with Crippen LogP contribution in [0.25, 0.3) is 0 Å². The van der Waals surface area contributed by atoms with Gasteiger partial charge in [0.05, 0.1) is 10.6 Å². The Morgan fingerprint density at radius 2 is 1.49 bits per heavy atom. The predicted molar refractivity (Wildman–Crippen MR) is 181 cm³/mol. The van der Waals surface area contributed by atoms with Gasteiger partial charge in [0.1, 0.15) is 12.6 Å². The van der Waals surface area contributed by atoms with Gasteiger partial charge in [0.2, 0.25) is 11.8 Å². The summed E-state index contributed by atoms with van der Waals surface area (Å²) in [6, 6.07) is 27.7. The second-order valence-electron chi connectivity index (χ2n) is 11.3. The predicted octanol–water partition coefficient (Wildman–Crippen LogP) is 6.63. The highest BCUT2D eigenvalue weighted by Gasteiger charge is 2.35. The molecule has 1 atom stereocenters. The summed E-state index contributed by atoms with van der Waals surface area (Å²) in [7, 11) is -4.17. The summed E-state index contributed by atoms with van der Waals surface area (Å²) in [5, 5.41) is 3.45. The second-order valence-corrected chi connectivity index (χ2v) is 13.6. The Labute approximate surface area is 271 Å². The molecule has 4 rings (SSSR count). The lowest BCUT2D eigenvalue weighted by Gasteiger charge is -2.34. The van der Waals surface area contributed by atoms with E-state index in [9.17, 15) is 18.0 Å². The van der Waals surface area contributed by atoms with Crippen LogP contribution in [0.4, 0.5) is 5.69 Å². The first-order valence-electron chi connectivity index (χ1n) is 15.0. The topological polar surface area (TPSA) is 86.8 Å². The van der Waals surface area contributed by atoms with Crippen molar-refractivity contribution in [1.82, 2.24) is 10.2 Å². The van der Waals surface area contributed by atoms with Crippen molar-refractivity contribution in [2.75, 3.05) is 17.4 Å². The third kappa shape index (κ3) is 8.74. The highest BCUT2D eigenvalue weighted by atomic mass is 35.5. The van der Waals surface area contributed by atoms with E-state index in [1.165, 1.54) is 4.90 Å². The number of nitrogens with zero attached hydrogens (tertiary/aromatic N) is 2. The first kappa shape index (κ1) is 33.7. The summed E-state index contributed by atoms with van der Waals surface area (Å²) in [6.07, 6.45) is 0.970. The first-order valence-corrected chi connectivity index (χ1v) is 16.8. The van der Waals surface area contributed by atoms with E-state index in [0.29, 0.717) is 22.8 Å². The average molecular weight is 646 g/mol. The third-order valence-electron chi connectivity index (χ3n) is 7.58. The van der Waals surface area contributed by atoms with E-state index in [0.717, 1.165) is 33.0 Å². The molecule has 0 aliphatic rings. The molecule has 0 bridgehead atoms. The van der Waals surface area contributed by atoms with Crippen LogP contribution in [0.2, 0.25) is 5.02 Å². The molecule has 0 radical (unpaired) electrons. The molecule has 0 aromatic heterocycles. The number of hydrogen-bond donors (Lipinski definition) is 1. The molecule has 9 heteroatoms. The highest BCUT2D eigenvalue weighted by Crippen LogP contribution is 2.29. The Morgan fingerprint density at radius 1 is 0.822 bits per heavy atom. The fraction of sp³-hybridized carbons (Fsp3) is 0.278. The van der Waals surface area contributed by atoms with Crippen molar-refractivity contribution in [2.45, 2.75) is 58.0 Å². The number of nitrogens with one attached hydrogen (secondary N) is 1. The number of hydrogen-bond acceptors (Lipinski definition) is 4. The van der Waals surface area contributed by atoms with Crippen molar-refractivity contribution >= 4 is 39.1 Å². The minimum atomic E-state index is -4.17. The lowest BCUT2D eigenvalue weighted by molar-refractivity contribution is -0.140. The molecular formula is C36H40ClN3O4S. The molecule has 236 valence electrons. The van der Waals surface area contributed by atoms with E-state index in [1.54, 1.807) is 48.5 Å². The molecule has 0 spiro atoms. The minimum Gasteiger partial charge on any atom is -0.354 e. The number of anilines is 1. The maximum Gasteiger partial charge on any atom is 0.264 e. The summed E-state index contributed by atoms with van der Waals surface area (Å²) >= 11 is 6.31. The van der Waals surface area contributed by atoms with Gasteiger partial charge in [0, 0.05) is 24.5 Å². The lowest BCUT2D eigenvalue weighted by atomic mass is 10.0. The number of benzene rings is 4. The van der Waals surface area contributed by atoms with E-state index in [-0.39, 0.29) is 23.8 Å². The molecule has 0 fully saturated rings. The number of carbonyl (C=O) groups excluding carboxylic acids is 2. The largest absolute Gasteiger partial charge is 0.354 e. The Bertz CT molecular complexity index is 1730. The number of carbonyl (C=O) groups is 2. The average Bonchev–Trinajstić information content (AvgIpc) is 3.02. The van der Waals surface area contributed by atoms with Crippen LogP contribution < -0.4 is 9.62 Å². The number of rotatable bonds is 13. The molecule has 2 amide bonds. The summed E-state index contributed by atoms with van der Waals surface area (Å²) in [5.41, 5.74) is 4.46. The third-order valence-corrected chi connectivity index (χ3v) is 9.59. The van der Waals surface area contributed by atoms with E-state index < -0.39 is 28.5 Å². The number of halogens is 1. The Morgan fingerprint density at radius 3 is 2.16 bits per heavy atom. The van der Waals surface area contributed by atoms with Crippen molar-refractivity contribution < 1.29 is 18.0 Å². The van der Waals surface area contributed by atoms with Gasteiger partial charge >= 0.3 is 0 Å². The zero-order valence-electron chi connectivity index (χ0n) is 26.2. The quantitative estimate of drug-likeness (QED) is 0.177. The van der Waals surface area contributed by atoms with Gasteiger partial charge in [-0.15, -0.1) is 0 Å². The smallest absolute Gasteiger partial charge is 0.264 e. The van der Waals surface area contributed by atoms with Crippen LogP contribution in [0, 0.1) is 20.8 Å². The molecule has 0 unspecified atom stereocenters.